The summed E-state index contributed by atoms with van der Waals surface area (Å²) in [7, 11) is -1.90. The summed E-state index contributed by atoms with van der Waals surface area (Å²) in [6, 6.07) is 6.45. The SMILES string of the molecule is CC(c1ccccc1O)N(C)S(=O)(=O)N1CCCCC1. The molecule has 0 radical (unpaired) electrons. The van der Waals surface area contributed by atoms with Crippen LogP contribution in [0.3, 0.4) is 0 Å². The minimum atomic E-state index is -3.47. The summed E-state index contributed by atoms with van der Waals surface area (Å²) in [6.45, 7) is 2.96. The van der Waals surface area contributed by atoms with E-state index in [-0.39, 0.29) is 5.75 Å². The summed E-state index contributed by atoms with van der Waals surface area (Å²) < 4.78 is 28.0. The van der Waals surface area contributed by atoms with Gasteiger partial charge in [-0.2, -0.15) is 17.0 Å². The zero-order valence-corrected chi connectivity index (χ0v) is 12.8. The molecular weight excluding hydrogens is 276 g/mol. The lowest BCUT2D eigenvalue weighted by Crippen LogP contribution is -2.45. The molecule has 20 heavy (non-hydrogen) atoms. The van der Waals surface area contributed by atoms with Crippen LogP contribution in [0, 0.1) is 0 Å². The molecule has 1 aromatic rings. The highest BCUT2D eigenvalue weighted by atomic mass is 32.2. The number of piperidine rings is 1. The Kier molecular flexibility index (Phi) is 4.67. The summed E-state index contributed by atoms with van der Waals surface area (Å²) in [5, 5.41) is 9.87. The van der Waals surface area contributed by atoms with Crippen molar-refractivity contribution >= 4 is 10.2 Å². The van der Waals surface area contributed by atoms with Crippen molar-refractivity contribution in [3.8, 4) is 5.75 Å². The summed E-state index contributed by atoms with van der Waals surface area (Å²) >= 11 is 0. The first kappa shape index (κ1) is 15.3. The Labute approximate surface area is 121 Å². The van der Waals surface area contributed by atoms with E-state index < -0.39 is 16.3 Å². The maximum absolute atomic E-state index is 12.6. The molecule has 0 aliphatic carbocycles. The van der Waals surface area contributed by atoms with E-state index in [1.807, 2.05) is 0 Å². The number of rotatable bonds is 4. The molecule has 1 atom stereocenters. The van der Waals surface area contributed by atoms with Gasteiger partial charge in [0.2, 0.25) is 0 Å². The first-order chi connectivity index (χ1) is 9.44. The molecule has 1 unspecified atom stereocenters. The Morgan fingerprint density at radius 1 is 1.20 bits per heavy atom. The molecule has 1 aromatic carbocycles. The highest BCUT2D eigenvalue weighted by Crippen LogP contribution is 2.30. The van der Waals surface area contributed by atoms with Crippen LogP contribution in [-0.2, 0) is 10.2 Å². The quantitative estimate of drug-likeness (QED) is 0.926. The van der Waals surface area contributed by atoms with Gasteiger partial charge in [0.1, 0.15) is 5.75 Å². The second-order valence-electron chi connectivity index (χ2n) is 5.22. The largest absolute Gasteiger partial charge is 0.508 e. The highest BCUT2D eigenvalue weighted by molar-refractivity contribution is 7.86. The number of aromatic hydroxyl groups is 1. The molecule has 1 heterocycles. The van der Waals surface area contributed by atoms with Crippen LogP contribution in [0.1, 0.15) is 37.8 Å². The number of phenols is 1. The third-order valence-electron chi connectivity index (χ3n) is 3.94. The molecule has 5 nitrogen and oxygen atoms in total. The summed E-state index contributed by atoms with van der Waals surface area (Å²) in [5.74, 6) is 0.126. The van der Waals surface area contributed by atoms with Gasteiger partial charge in [-0.1, -0.05) is 24.6 Å². The van der Waals surface area contributed by atoms with Gasteiger partial charge in [-0.25, -0.2) is 0 Å². The predicted molar refractivity (Wildman–Crippen MR) is 78.6 cm³/mol. The molecule has 1 fully saturated rings. The van der Waals surface area contributed by atoms with E-state index in [0.717, 1.165) is 19.3 Å². The zero-order chi connectivity index (χ0) is 14.8. The van der Waals surface area contributed by atoms with Crippen molar-refractivity contribution in [1.29, 1.82) is 0 Å². The lowest BCUT2D eigenvalue weighted by Gasteiger charge is -2.33. The molecule has 2 rings (SSSR count). The molecule has 0 saturated carbocycles. The van der Waals surface area contributed by atoms with Crippen LogP contribution in [0.5, 0.6) is 5.75 Å². The van der Waals surface area contributed by atoms with Gasteiger partial charge in [-0.05, 0) is 25.8 Å². The predicted octanol–water partition coefficient (Wildman–Crippen LogP) is 2.12. The Morgan fingerprint density at radius 3 is 2.40 bits per heavy atom. The first-order valence-corrected chi connectivity index (χ1v) is 8.35. The van der Waals surface area contributed by atoms with Gasteiger partial charge in [-0.15, -0.1) is 0 Å². The van der Waals surface area contributed by atoms with Gasteiger partial charge in [0.05, 0.1) is 6.04 Å². The molecule has 1 aliphatic rings. The third-order valence-corrected chi connectivity index (χ3v) is 6.00. The summed E-state index contributed by atoms with van der Waals surface area (Å²) in [4.78, 5) is 0. The van der Waals surface area contributed by atoms with Crippen molar-refractivity contribution in [3.63, 3.8) is 0 Å². The van der Waals surface area contributed by atoms with E-state index in [4.69, 9.17) is 0 Å². The maximum Gasteiger partial charge on any atom is 0.282 e. The van der Waals surface area contributed by atoms with E-state index in [1.54, 1.807) is 38.2 Å². The van der Waals surface area contributed by atoms with E-state index in [9.17, 15) is 13.5 Å². The van der Waals surface area contributed by atoms with Gasteiger partial charge in [0, 0.05) is 25.7 Å². The molecule has 0 spiro atoms. The van der Waals surface area contributed by atoms with Crippen LogP contribution in [0.25, 0.3) is 0 Å². The fourth-order valence-electron chi connectivity index (χ4n) is 2.51. The lowest BCUT2D eigenvalue weighted by molar-refractivity contribution is 0.295. The summed E-state index contributed by atoms with van der Waals surface area (Å²) in [6.07, 6.45) is 2.92. The van der Waals surface area contributed by atoms with Crippen LogP contribution in [0.2, 0.25) is 0 Å². The third kappa shape index (κ3) is 2.97. The van der Waals surface area contributed by atoms with Gasteiger partial charge in [-0.3, -0.25) is 0 Å². The molecule has 0 amide bonds. The molecule has 0 aromatic heterocycles. The monoisotopic (exact) mass is 298 g/mol. The lowest BCUT2D eigenvalue weighted by atomic mass is 10.1. The molecule has 1 aliphatic heterocycles. The Balaban J connectivity index is 2.21. The van der Waals surface area contributed by atoms with Gasteiger partial charge in [0.25, 0.3) is 10.2 Å². The van der Waals surface area contributed by atoms with Crippen LogP contribution in [0.15, 0.2) is 24.3 Å². The minimum absolute atomic E-state index is 0.126. The Bertz CT molecular complexity index is 553. The zero-order valence-electron chi connectivity index (χ0n) is 12.0. The molecule has 112 valence electrons. The van der Waals surface area contributed by atoms with Crippen LogP contribution in [-0.4, -0.2) is 42.3 Å². The standard InChI is InChI=1S/C14H22N2O3S/c1-12(13-8-4-5-9-14(13)17)15(2)20(18,19)16-10-6-3-7-11-16/h4-5,8-9,12,17H,3,6-7,10-11H2,1-2H3. The van der Waals surface area contributed by atoms with Gasteiger partial charge in [0.15, 0.2) is 0 Å². The average Bonchev–Trinajstić information content (AvgIpc) is 2.47. The second kappa shape index (κ2) is 6.11. The van der Waals surface area contributed by atoms with Crippen molar-refractivity contribution in [1.82, 2.24) is 8.61 Å². The molecule has 1 N–H and O–H groups in total. The van der Waals surface area contributed by atoms with Crippen molar-refractivity contribution in [2.24, 2.45) is 0 Å². The molecular formula is C14H22N2O3S. The van der Waals surface area contributed by atoms with Crippen LogP contribution < -0.4 is 0 Å². The number of benzene rings is 1. The average molecular weight is 298 g/mol. The van der Waals surface area contributed by atoms with Crippen molar-refractivity contribution < 1.29 is 13.5 Å². The van der Waals surface area contributed by atoms with E-state index in [0.29, 0.717) is 18.7 Å². The molecule has 6 heteroatoms. The highest BCUT2D eigenvalue weighted by Gasteiger charge is 2.32. The fraction of sp³-hybridized carbons (Fsp3) is 0.571. The minimum Gasteiger partial charge on any atom is -0.508 e. The van der Waals surface area contributed by atoms with Crippen molar-refractivity contribution in [3.05, 3.63) is 29.8 Å². The number of para-hydroxylation sites is 1. The van der Waals surface area contributed by atoms with Gasteiger partial charge < -0.3 is 5.11 Å². The normalized spacial score (nSPS) is 19.1. The van der Waals surface area contributed by atoms with E-state index in [2.05, 4.69) is 0 Å². The second-order valence-corrected chi connectivity index (χ2v) is 7.21. The van der Waals surface area contributed by atoms with Crippen molar-refractivity contribution in [2.75, 3.05) is 20.1 Å². The fourth-order valence-corrected chi connectivity index (χ4v) is 4.11. The summed E-state index contributed by atoms with van der Waals surface area (Å²) in [5.41, 5.74) is 0.621. The molecule has 1 saturated heterocycles. The number of nitrogens with zero attached hydrogens (tertiary/aromatic N) is 2. The Hall–Kier alpha value is -1.11. The first-order valence-electron chi connectivity index (χ1n) is 6.95. The topological polar surface area (TPSA) is 60.9 Å². The van der Waals surface area contributed by atoms with E-state index in [1.165, 1.54) is 8.61 Å². The smallest absolute Gasteiger partial charge is 0.282 e. The number of hydrogen-bond acceptors (Lipinski definition) is 3. The number of phenolic OH excluding ortho intramolecular Hbond substituents is 1. The Morgan fingerprint density at radius 2 is 1.80 bits per heavy atom. The maximum atomic E-state index is 12.6. The molecule has 0 bridgehead atoms. The van der Waals surface area contributed by atoms with Crippen LogP contribution in [0.4, 0.5) is 0 Å². The number of hydrogen-bond donors (Lipinski definition) is 1. The van der Waals surface area contributed by atoms with Crippen LogP contribution >= 0.6 is 0 Å². The van der Waals surface area contributed by atoms with Gasteiger partial charge >= 0.3 is 0 Å². The van der Waals surface area contributed by atoms with Crippen molar-refractivity contribution in [2.45, 2.75) is 32.2 Å². The van der Waals surface area contributed by atoms with E-state index >= 15 is 0 Å².